The summed E-state index contributed by atoms with van der Waals surface area (Å²) in [4.78, 5) is 23.6. The van der Waals surface area contributed by atoms with Gasteiger partial charge in [-0.05, 0) is 54.7 Å². The van der Waals surface area contributed by atoms with E-state index in [4.69, 9.17) is 4.74 Å². The summed E-state index contributed by atoms with van der Waals surface area (Å²) >= 11 is 0. The molecule has 0 heterocycles. The van der Waals surface area contributed by atoms with Gasteiger partial charge in [0.2, 0.25) is 0 Å². The number of ether oxygens (including phenoxy) is 1. The molecule has 1 N–H and O–H groups in total. The summed E-state index contributed by atoms with van der Waals surface area (Å²) in [6.45, 7) is -0.534. The molecule has 3 rings (SSSR count). The van der Waals surface area contributed by atoms with E-state index in [0.29, 0.717) is 11.8 Å². The first-order chi connectivity index (χ1) is 11.5. The Balaban J connectivity index is 1.56. The Morgan fingerprint density at radius 3 is 2.46 bits per heavy atom. The lowest BCUT2D eigenvalue weighted by Crippen LogP contribution is -2.21. The van der Waals surface area contributed by atoms with E-state index in [1.165, 1.54) is 11.1 Å². The van der Waals surface area contributed by atoms with E-state index < -0.39 is 30.1 Å². The summed E-state index contributed by atoms with van der Waals surface area (Å²) < 4.78 is 30.9. The highest BCUT2D eigenvalue weighted by Gasteiger charge is 2.14. The number of rotatable bonds is 4. The van der Waals surface area contributed by atoms with Gasteiger partial charge in [0.15, 0.2) is 6.61 Å². The van der Waals surface area contributed by atoms with Crippen LogP contribution in [0, 0.1) is 11.6 Å². The highest BCUT2D eigenvalue weighted by molar-refractivity contribution is 5.95. The van der Waals surface area contributed by atoms with Crippen molar-refractivity contribution in [3.8, 4) is 0 Å². The predicted molar refractivity (Wildman–Crippen MR) is 83.7 cm³/mol. The monoisotopic (exact) mass is 331 g/mol. The van der Waals surface area contributed by atoms with E-state index in [2.05, 4.69) is 5.32 Å². The minimum atomic E-state index is -0.961. The van der Waals surface area contributed by atoms with E-state index in [-0.39, 0.29) is 5.56 Å². The SMILES string of the molecule is O=C(COC(=O)c1cc(F)cc(F)c1)Nc1ccc2c(c1)CCC2. The van der Waals surface area contributed by atoms with Crippen molar-refractivity contribution in [3.05, 3.63) is 64.7 Å². The molecule has 2 aromatic carbocycles. The summed E-state index contributed by atoms with van der Waals surface area (Å²) in [6, 6.07) is 8.03. The Hall–Kier alpha value is -2.76. The number of esters is 1. The van der Waals surface area contributed by atoms with Crippen LogP contribution in [0.25, 0.3) is 0 Å². The standard InChI is InChI=1S/C18H15F2NO3/c19-14-6-13(7-15(20)9-14)18(23)24-10-17(22)21-16-5-4-11-2-1-3-12(11)8-16/h4-9H,1-3,10H2,(H,21,22). The summed E-state index contributed by atoms with van der Waals surface area (Å²) in [5.41, 5.74) is 2.85. The average Bonchev–Trinajstić information content (AvgIpc) is 2.99. The highest BCUT2D eigenvalue weighted by atomic mass is 19.1. The zero-order valence-corrected chi connectivity index (χ0v) is 12.8. The van der Waals surface area contributed by atoms with Crippen LogP contribution in [-0.4, -0.2) is 18.5 Å². The van der Waals surface area contributed by atoms with Crippen molar-refractivity contribution in [2.24, 2.45) is 0 Å². The fraction of sp³-hybridized carbons (Fsp3) is 0.222. The Kier molecular flexibility index (Phi) is 4.55. The number of halogens is 2. The second kappa shape index (κ2) is 6.78. The summed E-state index contributed by atoms with van der Waals surface area (Å²) in [5, 5.41) is 2.64. The Bertz CT molecular complexity index is 785. The van der Waals surface area contributed by atoms with Crippen molar-refractivity contribution in [1.82, 2.24) is 0 Å². The predicted octanol–water partition coefficient (Wildman–Crippen LogP) is 3.25. The van der Waals surface area contributed by atoms with Crippen molar-refractivity contribution in [2.45, 2.75) is 19.3 Å². The molecule has 0 aliphatic heterocycles. The highest BCUT2D eigenvalue weighted by Crippen LogP contribution is 2.24. The largest absolute Gasteiger partial charge is 0.452 e. The van der Waals surface area contributed by atoms with Crippen LogP contribution >= 0.6 is 0 Å². The Morgan fingerprint density at radius 1 is 1.00 bits per heavy atom. The lowest BCUT2D eigenvalue weighted by Gasteiger charge is -2.08. The first kappa shape index (κ1) is 16.1. The molecule has 4 nitrogen and oxygen atoms in total. The topological polar surface area (TPSA) is 55.4 Å². The smallest absolute Gasteiger partial charge is 0.338 e. The molecule has 0 saturated carbocycles. The molecule has 1 aliphatic carbocycles. The number of hydrogen-bond acceptors (Lipinski definition) is 3. The zero-order valence-electron chi connectivity index (χ0n) is 12.8. The number of aryl methyl sites for hydroxylation is 2. The summed E-state index contributed by atoms with van der Waals surface area (Å²) in [6.07, 6.45) is 3.14. The Morgan fingerprint density at radius 2 is 1.71 bits per heavy atom. The number of amides is 1. The number of carbonyl (C=O) groups is 2. The number of anilines is 1. The summed E-state index contributed by atoms with van der Waals surface area (Å²) in [7, 11) is 0. The number of nitrogens with one attached hydrogen (secondary N) is 1. The number of carbonyl (C=O) groups excluding carboxylic acids is 2. The maximum Gasteiger partial charge on any atom is 0.338 e. The van der Waals surface area contributed by atoms with E-state index in [9.17, 15) is 18.4 Å². The third kappa shape index (κ3) is 3.76. The molecule has 1 aliphatic rings. The molecule has 24 heavy (non-hydrogen) atoms. The van der Waals surface area contributed by atoms with E-state index in [1.807, 2.05) is 12.1 Å². The van der Waals surface area contributed by atoms with Crippen LogP contribution in [-0.2, 0) is 22.4 Å². The van der Waals surface area contributed by atoms with Crippen LogP contribution in [0.5, 0.6) is 0 Å². The third-order valence-corrected chi connectivity index (χ3v) is 3.81. The van der Waals surface area contributed by atoms with Gasteiger partial charge in [-0.3, -0.25) is 4.79 Å². The molecule has 2 aromatic rings. The van der Waals surface area contributed by atoms with Gasteiger partial charge in [-0.15, -0.1) is 0 Å². The fourth-order valence-electron chi connectivity index (χ4n) is 2.73. The minimum absolute atomic E-state index is 0.280. The van der Waals surface area contributed by atoms with Crippen LogP contribution in [0.4, 0.5) is 14.5 Å². The van der Waals surface area contributed by atoms with Crippen LogP contribution in [0.2, 0.25) is 0 Å². The van der Waals surface area contributed by atoms with Crippen molar-refractivity contribution in [3.63, 3.8) is 0 Å². The molecule has 0 bridgehead atoms. The number of benzene rings is 2. The van der Waals surface area contributed by atoms with E-state index in [0.717, 1.165) is 31.4 Å². The van der Waals surface area contributed by atoms with Crippen molar-refractivity contribution >= 4 is 17.6 Å². The van der Waals surface area contributed by atoms with Crippen molar-refractivity contribution < 1.29 is 23.1 Å². The van der Waals surface area contributed by atoms with Gasteiger partial charge in [0.1, 0.15) is 11.6 Å². The molecule has 1 amide bonds. The quantitative estimate of drug-likeness (QED) is 0.875. The van der Waals surface area contributed by atoms with Gasteiger partial charge >= 0.3 is 5.97 Å². The van der Waals surface area contributed by atoms with Gasteiger partial charge in [0.25, 0.3) is 5.91 Å². The number of fused-ring (bicyclic) bond motifs is 1. The molecular formula is C18H15F2NO3. The van der Waals surface area contributed by atoms with Gasteiger partial charge < -0.3 is 10.1 Å². The van der Waals surface area contributed by atoms with Gasteiger partial charge in [-0.25, -0.2) is 13.6 Å². The molecule has 0 aromatic heterocycles. The molecule has 0 unspecified atom stereocenters. The fourth-order valence-corrected chi connectivity index (χ4v) is 2.73. The van der Waals surface area contributed by atoms with Crippen molar-refractivity contribution in [1.29, 1.82) is 0 Å². The van der Waals surface area contributed by atoms with E-state index >= 15 is 0 Å². The molecule has 124 valence electrons. The van der Waals surface area contributed by atoms with Crippen molar-refractivity contribution in [2.75, 3.05) is 11.9 Å². The number of hydrogen-bond donors (Lipinski definition) is 1. The summed E-state index contributed by atoms with van der Waals surface area (Å²) in [5.74, 6) is -3.25. The van der Waals surface area contributed by atoms with Gasteiger partial charge in [-0.1, -0.05) is 6.07 Å². The maximum absolute atomic E-state index is 13.1. The first-order valence-electron chi connectivity index (χ1n) is 7.56. The van der Waals surface area contributed by atoms with E-state index in [1.54, 1.807) is 6.07 Å². The second-order valence-electron chi connectivity index (χ2n) is 5.62. The van der Waals surface area contributed by atoms with Crippen LogP contribution in [0.1, 0.15) is 27.9 Å². The van der Waals surface area contributed by atoms with Crippen LogP contribution < -0.4 is 5.32 Å². The molecule has 0 fully saturated rings. The molecule has 0 spiro atoms. The first-order valence-corrected chi connectivity index (χ1v) is 7.56. The molecule has 0 atom stereocenters. The molecule has 0 saturated heterocycles. The van der Waals surface area contributed by atoms with Gasteiger partial charge in [-0.2, -0.15) is 0 Å². The third-order valence-electron chi connectivity index (χ3n) is 3.81. The second-order valence-corrected chi connectivity index (χ2v) is 5.62. The van der Waals surface area contributed by atoms with Gasteiger partial charge in [0, 0.05) is 11.8 Å². The molecule has 0 radical (unpaired) electrons. The van der Waals surface area contributed by atoms with Crippen LogP contribution in [0.3, 0.4) is 0 Å². The van der Waals surface area contributed by atoms with Gasteiger partial charge in [0.05, 0.1) is 5.56 Å². The molecular weight excluding hydrogens is 316 g/mol. The zero-order chi connectivity index (χ0) is 17.1. The minimum Gasteiger partial charge on any atom is -0.452 e. The molecule has 6 heteroatoms. The lowest BCUT2D eigenvalue weighted by atomic mass is 10.1. The Labute approximate surface area is 137 Å². The van der Waals surface area contributed by atoms with Crippen LogP contribution in [0.15, 0.2) is 36.4 Å². The lowest BCUT2D eigenvalue weighted by molar-refractivity contribution is -0.119. The normalized spacial score (nSPS) is 12.6. The average molecular weight is 331 g/mol. The maximum atomic E-state index is 13.1.